The van der Waals surface area contributed by atoms with Crippen molar-refractivity contribution in [2.45, 2.75) is 114 Å². The van der Waals surface area contributed by atoms with Crippen LogP contribution in [0.2, 0.25) is 0 Å². The highest BCUT2D eigenvalue weighted by atomic mass is 32.3. The van der Waals surface area contributed by atoms with Crippen molar-refractivity contribution < 1.29 is 124 Å². The van der Waals surface area contributed by atoms with Crippen LogP contribution in [0.5, 0.6) is 23.0 Å². The lowest BCUT2D eigenvalue weighted by Gasteiger charge is -2.44. The number of rotatable bonds is 19. The number of hydrogen-bond acceptors (Lipinski definition) is 4. The second-order valence-electron chi connectivity index (χ2n) is 19.3. The van der Waals surface area contributed by atoms with Gasteiger partial charge in [0, 0.05) is 14.7 Å². The van der Waals surface area contributed by atoms with E-state index in [2.05, 4.69) is 0 Å². The van der Waals surface area contributed by atoms with Gasteiger partial charge in [-0.1, -0.05) is 81.5 Å². The molecular weight excluding hydrogens is 1260 g/mol. The lowest BCUT2D eigenvalue weighted by Crippen LogP contribution is -2.38. The molecule has 0 aliphatic rings. The molecule has 0 aliphatic heterocycles. The van der Waals surface area contributed by atoms with E-state index in [1.165, 1.54) is 24.3 Å². The molecule has 30 heteroatoms. The first kappa shape index (κ1) is 68.0. The molecule has 0 fully saturated rings. The Morgan fingerprint density at radius 1 is 0.330 bits per heavy atom. The summed E-state index contributed by atoms with van der Waals surface area (Å²) in [6.45, 7) is 2.33. The van der Waals surface area contributed by atoms with Gasteiger partial charge in [0.25, 0.3) is 0 Å². The van der Waals surface area contributed by atoms with Crippen molar-refractivity contribution >= 4 is 17.3 Å². The van der Waals surface area contributed by atoms with Crippen molar-refractivity contribution in [3.8, 4) is 34.1 Å². The molecule has 88 heavy (non-hydrogen) atoms. The first-order valence-electron chi connectivity index (χ1n) is 25.5. The monoisotopic (exact) mass is 1300 g/mol. The first-order valence-corrected chi connectivity index (χ1v) is 27.2. The van der Waals surface area contributed by atoms with Gasteiger partial charge in [-0.15, -0.1) is 10.0 Å². The van der Waals surface area contributed by atoms with Crippen LogP contribution in [-0.4, -0.2) is 13.9 Å². The molecule has 0 saturated heterocycles. The Kier molecular flexibility index (Phi) is 19.7. The highest BCUT2D eigenvalue weighted by molar-refractivity contribution is 8.34. The SMILES string of the molecule is CCCCCCCCOc1ccc(-c2ccc(S(c3ccccc3)(c3cc(C(F)(F)F)cc(C(F)(F)F)c3)c3c(OB(Oc4cc(C(F)(F)F)cc(C(F)(F)F)c4)Oc4cc(C(F)(F)F)cc(C(F)(F)F)c4)cc(C(F)(F)F)cc3C(F)(F)F)cc2)cc1. The number of hydrogen-bond donors (Lipinski definition) is 0. The molecule has 0 amide bonds. The summed E-state index contributed by atoms with van der Waals surface area (Å²) in [5, 5.41) is 0. The number of benzene rings is 7. The summed E-state index contributed by atoms with van der Waals surface area (Å²) < 4.78 is 377. The van der Waals surface area contributed by atoms with Gasteiger partial charge in [-0.3, -0.25) is 0 Å². The molecule has 7 aromatic carbocycles. The van der Waals surface area contributed by atoms with Crippen molar-refractivity contribution in [3.05, 3.63) is 190 Å². The number of alkyl halides is 24. The number of ether oxygens (including phenoxy) is 1. The van der Waals surface area contributed by atoms with E-state index >= 15 is 52.7 Å². The average molecular weight is 1300 g/mol. The zero-order chi connectivity index (χ0) is 65.2. The molecule has 0 aliphatic carbocycles. The van der Waals surface area contributed by atoms with Gasteiger partial charge in [0.15, 0.2) is 0 Å². The van der Waals surface area contributed by atoms with E-state index < -0.39 is 178 Å². The smallest absolute Gasteiger partial charge is 0.494 e. The summed E-state index contributed by atoms with van der Waals surface area (Å²) in [5.41, 5.74) is -18.6. The maximum Gasteiger partial charge on any atom is 0.864 e. The zero-order valence-electron chi connectivity index (χ0n) is 44.5. The number of halogens is 24. The second-order valence-corrected chi connectivity index (χ2v) is 22.4. The molecule has 4 nitrogen and oxygen atoms in total. The minimum absolute atomic E-state index is 0.0908. The summed E-state index contributed by atoms with van der Waals surface area (Å²) in [6, 6.07) is 9.80. The fourth-order valence-electron chi connectivity index (χ4n) is 8.92. The Balaban J connectivity index is 1.61. The molecule has 0 saturated carbocycles. The summed E-state index contributed by atoms with van der Waals surface area (Å²) in [7, 11) is -9.05. The van der Waals surface area contributed by atoms with Gasteiger partial charge in [0.05, 0.1) is 56.0 Å². The fourth-order valence-corrected chi connectivity index (χ4v) is 13.1. The Morgan fingerprint density at radius 3 is 1.09 bits per heavy atom. The molecule has 0 bridgehead atoms. The van der Waals surface area contributed by atoms with E-state index in [1.54, 1.807) is 0 Å². The van der Waals surface area contributed by atoms with Crippen LogP contribution < -0.4 is 18.7 Å². The molecule has 1 unspecified atom stereocenters. The second kappa shape index (κ2) is 25.5. The molecule has 0 N–H and O–H groups in total. The van der Waals surface area contributed by atoms with E-state index in [0.717, 1.165) is 86.7 Å². The molecule has 0 radical (unpaired) electrons. The van der Waals surface area contributed by atoms with Gasteiger partial charge >= 0.3 is 56.7 Å². The number of unbranched alkanes of at least 4 members (excludes halogenated alkanes) is 5. The zero-order valence-corrected chi connectivity index (χ0v) is 45.3. The molecular formula is C58H41BF24O4S. The van der Waals surface area contributed by atoms with Crippen LogP contribution >= 0.6 is 10.0 Å². The van der Waals surface area contributed by atoms with Crippen LogP contribution in [-0.2, 0) is 49.4 Å². The summed E-state index contributed by atoms with van der Waals surface area (Å²) in [6.07, 6.45) is -41.9. The first-order chi connectivity index (χ1) is 40.6. The van der Waals surface area contributed by atoms with Gasteiger partial charge in [-0.05, 0) is 121 Å². The molecule has 0 spiro atoms. The molecule has 7 aromatic rings. The summed E-state index contributed by atoms with van der Waals surface area (Å²) in [4.78, 5) is -5.06. The predicted octanol–water partition coefficient (Wildman–Crippen LogP) is 22.1. The van der Waals surface area contributed by atoms with Crippen molar-refractivity contribution in [1.82, 2.24) is 0 Å². The topological polar surface area (TPSA) is 36.9 Å². The maximum absolute atomic E-state index is 16.3. The molecule has 1 atom stereocenters. The van der Waals surface area contributed by atoms with Crippen molar-refractivity contribution in [2.24, 2.45) is 0 Å². The standard InChI is InChI=1S/C58H41BF24O4S/c1-2-3-4-5-6-10-21-84-42-17-13-33(14-18-42)34-15-19-46(20-16-34)88(45-11-8-7-9-12-45,47-29-39(55(72,73)74)24-40(30-47)56(75,76)77)50-48(58(81,82)83)31-41(57(78,79)80)32-49(50)87-59(85-43-25-35(51(60,61)62)22-36(26-43)52(63,64)65)86-44-27-37(53(66,67)68)23-38(28-44)54(69,70)71/h7-9,11-20,22-32H,2-6,10,21H2,1H3. The normalized spacial score (nSPS) is 14.1. The van der Waals surface area contributed by atoms with Crippen molar-refractivity contribution in [2.75, 3.05) is 6.61 Å². The van der Waals surface area contributed by atoms with E-state index in [1.807, 2.05) is 6.92 Å². The quantitative estimate of drug-likeness (QED) is 0.0459. The van der Waals surface area contributed by atoms with Gasteiger partial charge in [-0.2, -0.15) is 105 Å². The molecule has 0 heterocycles. The molecule has 0 aromatic heterocycles. The van der Waals surface area contributed by atoms with Gasteiger partial charge in [-0.25, -0.2) is 0 Å². The minimum Gasteiger partial charge on any atom is -0.494 e. The van der Waals surface area contributed by atoms with E-state index in [9.17, 15) is 52.7 Å². The Hall–Kier alpha value is -7.53. The van der Waals surface area contributed by atoms with E-state index in [-0.39, 0.29) is 47.5 Å². The highest BCUT2D eigenvalue weighted by Crippen LogP contribution is 2.77. The van der Waals surface area contributed by atoms with Crippen LogP contribution in [0.3, 0.4) is 0 Å². The van der Waals surface area contributed by atoms with Crippen LogP contribution in [0.1, 0.15) is 90.0 Å². The van der Waals surface area contributed by atoms with Crippen LogP contribution in [0.15, 0.2) is 165 Å². The van der Waals surface area contributed by atoms with Crippen LogP contribution in [0, 0.1) is 0 Å². The third kappa shape index (κ3) is 16.4. The maximum atomic E-state index is 16.3. The lowest BCUT2D eigenvalue weighted by molar-refractivity contribution is -0.146. The van der Waals surface area contributed by atoms with E-state index in [4.69, 9.17) is 18.7 Å². The predicted molar refractivity (Wildman–Crippen MR) is 271 cm³/mol. The van der Waals surface area contributed by atoms with Gasteiger partial charge in [0.2, 0.25) is 0 Å². The summed E-state index contributed by atoms with van der Waals surface area (Å²) >= 11 is 0. The Morgan fingerprint density at radius 2 is 0.693 bits per heavy atom. The average Bonchev–Trinajstić information content (AvgIpc) is 0.815. The third-order valence-corrected chi connectivity index (χ3v) is 16.9. The Labute approximate surface area is 485 Å². The third-order valence-electron chi connectivity index (χ3n) is 13.0. The highest BCUT2D eigenvalue weighted by Gasteiger charge is 2.51. The van der Waals surface area contributed by atoms with Crippen molar-refractivity contribution in [3.63, 3.8) is 0 Å². The van der Waals surface area contributed by atoms with Crippen LogP contribution in [0.25, 0.3) is 11.1 Å². The van der Waals surface area contributed by atoms with Gasteiger partial charge < -0.3 is 18.7 Å². The van der Waals surface area contributed by atoms with E-state index in [0.29, 0.717) is 18.8 Å². The summed E-state index contributed by atoms with van der Waals surface area (Å²) in [5.74, 6) is -5.59. The molecule has 7 rings (SSSR count). The van der Waals surface area contributed by atoms with Crippen molar-refractivity contribution in [1.29, 1.82) is 0 Å². The fraction of sp³-hybridized carbons (Fsp3) is 0.276. The van der Waals surface area contributed by atoms with Gasteiger partial charge in [0.1, 0.15) is 23.0 Å². The van der Waals surface area contributed by atoms with Crippen LogP contribution in [0.4, 0.5) is 105 Å². The minimum atomic E-state index is -6.34. The molecule has 474 valence electrons. The lowest BCUT2D eigenvalue weighted by atomic mass is 10.1. The Bertz CT molecular complexity index is 3340. The largest absolute Gasteiger partial charge is 0.864 e.